The summed E-state index contributed by atoms with van der Waals surface area (Å²) in [5.74, 6) is 2.00. The molecule has 1 fully saturated rings. The molecule has 0 spiro atoms. The maximum Gasteiger partial charge on any atom is 0.228 e. The van der Waals surface area contributed by atoms with Gasteiger partial charge in [0.05, 0.1) is 0 Å². The summed E-state index contributed by atoms with van der Waals surface area (Å²) in [5, 5.41) is 0. The van der Waals surface area contributed by atoms with Crippen LogP contribution in [0.1, 0.15) is 32.1 Å². The molecule has 0 bridgehead atoms. The Labute approximate surface area is 111 Å². The van der Waals surface area contributed by atoms with Gasteiger partial charge in [0.2, 0.25) is 5.95 Å². The Kier molecular flexibility index (Phi) is 4.20. The summed E-state index contributed by atoms with van der Waals surface area (Å²) in [6.07, 6.45) is 6.77. The van der Waals surface area contributed by atoms with Crippen molar-refractivity contribution in [1.29, 1.82) is 0 Å². The van der Waals surface area contributed by atoms with Crippen LogP contribution in [0.15, 0.2) is 10.7 Å². The van der Waals surface area contributed by atoms with Crippen LogP contribution in [0.4, 0.5) is 11.8 Å². The zero-order valence-corrected chi connectivity index (χ0v) is 11.8. The third-order valence-corrected chi connectivity index (χ3v) is 3.71. The Bertz CT molecular complexity index is 357. The van der Waals surface area contributed by atoms with Crippen LogP contribution in [-0.2, 0) is 0 Å². The summed E-state index contributed by atoms with van der Waals surface area (Å²) in [6.45, 7) is 1.02. The molecule has 0 amide bonds. The van der Waals surface area contributed by atoms with Crippen molar-refractivity contribution in [2.24, 2.45) is 5.92 Å². The molecule has 94 valence electrons. The largest absolute Gasteiger partial charge is 0.383 e. The minimum atomic E-state index is 0.511. The van der Waals surface area contributed by atoms with E-state index in [-0.39, 0.29) is 0 Å². The van der Waals surface area contributed by atoms with Gasteiger partial charge in [-0.05, 0) is 34.7 Å². The van der Waals surface area contributed by atoms with Gasteiger partial charge in [0.25, 0.3) is 0 Å². The monoisotopic (exact) mass is 298 g/mol. The van der Waals surface area contributed by atoms with E-state index in [4.69, 9.17) is 5.73 Å². The molecule has 0 aliphatic heterocycles. The van der Waals surface area contributed by atoms with Crippen LogP contribution < -0.4 is 10.6 Å². The number of nitrogens with two attached hydrogens (primary N) is 1. The first-order valence-corrected chi connectivity index (χ1v) is 6.95. The second-order valence-corrected chi connectivity index (χ2v) is 5.61. The molecule has 1 aromatic heterocycles. The summed E-state index contributed by atoms with van der Waals surface area (Å²) in [4.78, 5) is 10.7. The zero-order chi connectivity index (χ0) is 12.3. The van der Waals surface area contributed by atoms with Crippen LogP contribution in [0, 0.1) is 5.92 Å². The van der Waals surface area contributed by atoms with Crippen molar-refractivity contribution in [3.05, 3.63) is 10.7 Å². The standard InChI is InChI=1S/C12H19BrN4/c1-17(8-9-5-3-2-4-6-9)12-15-10(13)7-11(14)16-12/h7,9H,2-6,8H2,1H3,(H2,14,15,16). The Hall–Kier alpha value is -0.840. The van der Waals surface area contributed by atoms with Gasteiger partial charge in [0, 0.05) is 19.7 Å². The van der Waals surface area contributed by atoms with E-state index in [1.165, 1.54) is 32.1 Å². The molecule has 17 heavy (non-hydrogen) atoms. The number of hydrogen-bond donors (Lipinski definition) is 1. The highest BCUT2D eigenvalue weighted by Gasteiger charge is 2.17. The quantitative estimate of drug-likeness (QED) is 0.872. The van der Waals surface area contributed by atoms with Crippen LogP contribution >= 0.6 is 15.9 Å². The molecule has 1 aliphatic carbocycles. The predicted molar refractivity (Wildman–Crippen MR) is 74.0 cm³/mol. The van der Waals surface area contributed by atoms with Gasteiger partial charge in [-0.15, -0.1) is 0 Å². The van der Waals surface area contributed by atoms with E-state index in [9.17, 15) is 0 Å². The molecule has 0 saturated heterocycles. The number of halogens is 1. The highest BCUT2D eigenvalue weighted by atomic mass is 79.9. The number of rotatable bonds is 3. The first kappa shape index (κ1) is 12.6. The minimum absolute atomic E-state index is 0.511. The maximum atomic E-state index is 5.72. The number of aromatic nitrogens is 2. The number of hydrogen-bond acceptors (Lipinski definition) is 4. The highest BCUT2D eigenvalue weighted by molar-refractivity contribution is 9.10. The van der Waals surface area contributed by atoms with E-state index in [0.717, 1.165) is 17.1 Å². The molecule has 5 heteroatoms. The fourth-order valence-corrected chi connectivity index (χ4v) is 2.83. The van der Waals surface area contributed by atoms with Gasteiger partial charge in [-0.2, -0.15) is 4.98 Å². The lowest BCUT2D eigenvalue weighted by molar-refractivity contribution is 0.361. The third kappa shape index (κ3) is 3.56. The van der Waals surface area contributed by atoms with Crippen molar-refractivity contribution < 1.29 is 0 Å². The topological polar surface area (TPSA) is 55.0 Å². The summed E-state index contributed by atoms with van der Waals surface area (Å²) < 4.78 is 0.746. The molecular formula is C12H19BrN4. The van der Waals surface area contributed by atoms with Crippen LogP contribution in [0.3, 0.4) is 0 Å². The molecule has 0 atom stereocenters. The molecule has 1 saturated carbocycles. The minimum Gasteiger partial charge on any atom is -0.383 e. The van der Waals surface area contributed by atoms with Crippen molar-refractivity contribution in [2.75, 3.05) is 24.2 Å². The maximum absolute atomic E-state index is 5.72. The molecule has 0 unspecified atom stereocenters. The molecular weight excluding hydrogens is 280 g/mol. The van der Waals surface area contributed by atoms with Gasteiger partial charge in [-0.3, -0.25) is 0 Å². The predicted octanol–water partition coefficient (Wildman–Crippen LogP) is 2.84. The van der Waals surface area contributed by atoms with Gasteiger partial charge < -0.3 is 10.6 Å². The SMILES string of the molecule is CN(CC1CCCCC1)c1nc(N)cc(Br)n1. The number of nitrogens with zero attached hydrogens (tertiary/aromatic N) is 3. The fraction of sp³-hybridized carbons (Fsp3) is 0.667. The van der Waals surface area contributed by atoms with E-state index < -0.39 is 0 Å². The van der Waals surface area contributed by atoms with Crippen LogP contribution in [-0.4, -0.2) is 23.6 Å². The van der Waals surface area contributed by atoms with E-state index in [2.05, 4.69) is 30.8 Å². The van der Waals surface area contributed by atoms with E-state index in [0.29, 0.717) is 11.8 Å². The first-order valence-electron chi connectivity index (χ1n) is 6.16. The number of nitrogen functional groups attached to an aromatic ring is 1. The summed E-state index contributed by atoms with van der Waals surface area (Å²) in [5.41, 5.74) is 5.72. The van der Waals surface area contributed by atoms with Crippen LogP contribution in [0.5, 0.6) is 0 Å². The Morgan fingerprint density at radius 1 is 1.35 bits per heavy atom. The first-order chi connectivity index (χ1) is 8.15. The van der Waals surface area contributed by atoms with Gasteiger partial charge in [0.15, 0.2) is 0 Å². The van der Waals surface area contributed by atoms with Crippen LogP contribution in [0.25, 0.3) is 0 Å². The highest BCUT2D eigenvalue weighted by Crippen LogP contribution is 2.25. The van der Waals surface area contributed by atoms with Gasteiger partial charge >= 0.3 is 0 Å². The lowest BCUT2D eigenvalue weighted by atomic mass is 9.89. The fourth-order valence-electron chi connectivity index (χ4n) is 2.43. The van der Waals surface area contributed by atoms with Crippen molar-refractivity contribution >= 4 is 27.7 Å². The van der Waals surface area contributed by atoms with Crippen molar-refractivity contribution in [3.8, 4) is 0 Å². The van der Waals surface area contributed by atoms with E-state index in [1.807, 2.05) is 7.05 Å². The Balaban J connectivity index is 2.00. The summed E-state index contributed by atoms with van der Waals surface area (Å²) >= 11 is 3.35. The Morgan fingerprint density at radius 3 is 2.71 bits per heavy atom. The second kappa shape index (κ2) is 5.67. The van der Waals surface area contributed by atoms with E-state index >= 15 is 0 Å². The molecule has 1 heterocycles. The van der Waals surface area contributed by atoms with E-state index in [1.54, 1.807) is 6.07 Å². The summed E-state index contributed by atoms with van der Waals surface area (Å²) in [6, 6.07) is 1.72. The molecule has 4 nitrogen and oxygen atoms in total. The van der Waals surface area contributed by atoms with Crippen molar-refractivity contribution in [3.63, 3.8) is 0 Å². The zero-order valence-electron chi connectivity index (χ0n) is 10.2. The molecule has 2 N–H and O–H groups in total. The molecule has 2 rings (SSSR count). The molecule has 1 aliphatic rings. The Morgan fingerprint density at radius 2 is 2.06 bits per heavy atom. The average molecular weight is 299 g/mol. The smallest absolute Gasteiger partial charge is 0.228 e. The normalized spacial score (nSPS) is 17.1. The lowest BCUT2D eigenvalue weighted by Gasteiger charge is -2.27. The van der Waals surface area contributed by atoms with Gasteiger partial charge in [-0.1, -0.05) is 19.3 Å². The van der Waals surface area contributed by atoms with Crippen molar-refractivity contribution in [1.82, 2.24) is 9.97 Å². The molecule has 1 aromatic rings. The van der Waals surface area contributed by atoms with Gasteiger partial charge in [-0.25, -0.2) is 4.98 Å². The van der Waals surface area contributed by atoms with Crippen molar-refractivity contribution in [2.45, 2.75) is 32.1 Å². The van der Waals surface area contributed by atoms with Crippen LogP contribution in [0.2, 0.25) is 0 Å². The third-order valence-electron chi connectivity index (χ3n) is 3.30. The second-order valence-electron chi connectivity index (χ2n) is 4.80. The lowest BCUT2D eigenvalue weighted by Crippen LogP contribution is -2.28. The number of anilines is 2. The molecule has 0 radical (unpaired) electrons. The molecule has 0 aromatic carbocycles. The average Bonchev–Trinajstić information content (AvgIpc) is 2.29. The summed E-state index contributed by atoms with van der Waals surface area (Å²) in [7, 11) is 2.04. The van der Waals surface area contributed by atoms with Gasteiger partial charge in [0.1, 0.15) is 10.4 Å².